The quantitative estimate of drug-likeness (QED) is 0.497. The van der Waals surface area contributed by atoms with Gasteiger partial charge in [0.2, 0.25) is 11.8 Å². The Morgan fingerprint density at radius 3 is 2.64 bits per heavy atom. The molecule has 4 rings (SSSR count). The number of carbonyl (C=O) groups excluding carboxylic acids is 2. The summed E-state index contributed by atoms with van der Waals surface area (Å²) in [5.74, 6) is 0.357. The Balaban J connectivity index is 1.53. The molecule has 2 saturated heterocycles. The maximum atomic E-state index is 13.2. The van der Waals surface area contributed by atoms with Gasteiger partial charge in [-0.25, -0.2) is 0 Å². The molecule has 1 N–H and O–H groups in total. The number of carbonyl (C=O) groups is 2. The lowest BCUT2D eigenvalue weighted by atomic mass is 9.83. The van der Waals surface area contributed by atoms with E-state index in [1.807, 2.05) is 11.0 Å². The highest BCUT2D eigenvalue weighted by Crippen LogP contribution is 2.38. The third-order valence-electron chi connectivity index (χ3n) is 7.17. The summed E-state index contributed by atoms with van der Waals surface area (Å²) in [6, 6.07) is 4.92. The summed E-state index contributed by atoms with van der Waals surface area (Å²) >= 11 is 0. The largest absolute Gasteiger partial charge is 0.365 e. The minimum absolute atomic E-state index is 0.00414. The van der Waals surface area contributed by atoms with Crippen LogP contribution in [-0.2, 0) is 16.0 Å². The van der Waals surface area contributed by atoms with E-state index < -0.39 is 0 Å². The van der Waals surface area contributed by atoms with Gasteiger partial charge in [-0.15, -0.1) is 0 Å². The van der Waals surface area contributed by atoms with Crippen molar-refractivity contribution in [3.8, 4) is 0 Å². The molecule has 2 fully saturated rings. The zero-order chi connectivity index (χ0) is 23.5. The van der Waals surface area contributed by atoms with Crippen LogP contribution < -0.4 is 10.2 Å². The predicted molar refractivity (Wildman–Crippen MR) is 126 cm³/mol. The van der Waals surface area contributed by atoms with Crippen molar-refractivity contribution in [2.24, 2.45) is 11.8 Å². The molecule has 9 nitrogen and oxygen atoms in total. The molecule has 0 spiro atoms. The van der Waals surface area contributed by atoms with Crippen LogP contribution in [0.4, 0.5) is 11.4 Å². The van der Waals surface area contributed by atoms with Crippen molar-refractivity contribution in [2.45, 2.75) is 45.6 Å². The summed E-state index contributed by atoms with van der Waals surface area (Å²) < 4.78 is 0. The Bertz CT molecular complexity index is 899. The number of anilines is 1. The van der Waals surface area contributed by atoms with Gasteiger partial charge in [0.25, 0.3) is 5.69 Å². The fourth-order valence-electron chi connectivity index (χ4n) is 5.30. The van der Waals surface area contributed by atoms with E-state index in [4.69, 9.17) is 0 Å². The summed E-state index contributed by atoms with van der Waals surface area (Å²) in [7, 11) is 0. The first-order valence-electron chi connectivity index (χ1n) is 12.1. The van der Waals surface area contributed by atoms with E-state index in [2.05, 4.69) is 29.0 Å². The Morgan fingerprint density at radius 1 is 1.18 bits per heavy atom. The number of non-ortho nitro benzene ring substituents is 1. The van der Waals surface area contributed by atoms with Gasteiger partial charge in [-0.1, -0.05) is 13.8 Å². The lowest BCUT2D eigenvalue weighted by Gasteiger charge is -2.49. The van der Waals surface area contributed by atoms with E-state index in [0.29, 0.717) is 38.5 Å². The maximum absolute atomic E-state index is 13.2. The number of benzene rings is 1. The molecule has 0 bridgehead atoms. The second-order valence-corrected chi connectivity index (χ2v) is 9.94. The van der Waals surface area contributed by atoms with E-state index >= 15 is 0 Å². The molecule has 3 heterocycles. The fraction of sp³-hybridized carbons (Fsp3) is 0.667. The topological polar surface area (TPSA) is 99.0 Å². The zero-order valence-electron chi connectivity index (χ0n) is 19.7. The Hall–Kier alpha value is -2.68. The van der Waals surface area contributed by atoms with Crippen molar-refractivity contribution < 1.29 is 14.5 Å². The van der Waals surface area contributed by atoms with Crippen LogP contribution >= 0.6 is 0 Å². The summed E-state index contributed by atoms with van der Waals surface area (Å²) in [5.41, 5.74) is 1.88. The third kappa shape index (κ3) is 5.29. The van der Waals surface area contributed by atoms with Crippen molar-refractivity contribution in [1.29, 1.82) is 0 Å². The average molecular weight is 458 g/mol. The van der Waals surface area contributed by atoms with Gasteiger partial charge in [0, 0.05) is 57.1 Å². The molecule has 0 unspecified atom stereocenters. The molecule has 0 radical (unpaired) electrons. The van der Waals surface area contributed by atoms with Crippen LogP contribution in [-0.4, -0.2) is 78.4 Å². The van der Waals surface area contributed by atoms with E-state index in [0.717, 1.165) is 50.1 Å². The molecule has 3 aliphatic rings. The molecule has 2 atom stereocenters. The Kier molecular flexibility index (Phi) is 7.17. The zero-order valence-corrected chi connectivity index (χ0v) is 19.7. The molecule has 0 saturated carbocycles. The highest BCUT2D eigenvalue weighted by atomic mass is 16.6. The summed E-state index contributed by atoms with van der Waals surface area (Å²) in [5, 5.41) is 14.4. The van der Waals surface area contributed by atoms with Crippen molar-refractivity contribution in [2.75, 3.05) is 50.7 Å². The lowest BCUT2D eigenvalue weighted by molar-refractivity contribution is -0.384. The highest BCUT2D eigenvalue weighted by molar-refractivity contribution is 5.82. The number of rotatable bonds is 7. The summed E-state index contributed by atoms with van der Waals surface area (Å²) in [6.45, 7) is 9.01. The van der Waals surface area contributed by atoms with Gasteiger partial charge in [0.15, 0.2) is 0 Å². The molecular weight excluding hydrogens is 422 g/mol. The number of hydrogen-bond acceptors (Lipinski definition) is 6. The number of hydrogen-bond donors (Lipinski definition) is 1. The van der Waals surface area contributed by atoms with Gasteiger partial charge < -0.3 is 15.1 Å². The van der Waals surface area contributed by atoms with Crippen molar-refractivity contribution >= 4 is 23.2 Å². The normalized spacial score (nSPS) is 22.8. The Labute approximate surface area is 195 Å². The lowest BCUT2D eigenvalue weighted by Crippen LogP contribution is -2.62. The highest BCUT2D eigenvalue weighted by Gasteiger charge is 2.42. The van der Waals surface area contributed by atoms with E-state index in [-0.39, 0.29) is 34.4 Å². The third-order valence-corrected chi connectivity index (χ3v) is 7.17. The first-order valence-corrected chi connectivity index (χ1v) is 12.1. The van der Waals surface area contributed by atoms with Crippen molar-refractivity contribution in [1.82, 2.24) is 15.1 Å². The number of piperazine rings is 1. The fourth-order valence-corrected chi connectivity index (χ4v) is 5.30. The van der Waals surface area contributed by atoms with Crippen LogP contribution in [0.15, 0.2) is 18.2 Å². The SMILES string of the molecule is CC(C)CCNC(=O)[C@H]1Cc2cc([N+](=O)[O-])ccc2N2CCN(CC(=O)N3CCCC3)C[C@H]12. The average Bonchev–Trinajstić information content (AvgIpc) is 3.33. The van der Waals surface area contributed by atoms with Crippen molar-refractivity contribution in [3.05, 3.63) is 33.9 Å². The Morgan fingerprint density at radius 2 is 1.94 bits per heavy atom. The van der Waals surface area contributed by atoms with E-state index in [1.165, 1.54) is 0 Å². The van der Waals surface area contributed by atoms with Crippen LogP contribution in [0.3, 0.4) is 0 Å². The van der Waals surface area contributed by atoms with Crippen molar-refractivity contribution in [3.63, 3.8) is 0 Å². The first-order chi connectivity index (χ1) is 15.8. The first kappa shape index (κ1) is 23.5. The molecule has 1 aromatic rings. The molecular formula is C24H35N5O4. The number of fused-ring (bicyclic) bond motifs is 3. The van der Waals surface area contributed by atoms with Gasteiger partial charge in [0.05, 0.1) is 23.4 Å². The number of likely N-dealkylation sites (tertiary alicyclic amines) is 1. The standard InChI is InChI=1S/C24H35N5O4/c1-17(2)7-8-25-24(31)20-14-18-13-19(29(32)33)5-6-21(18)28-12-11-26(15-22(20)28)16-23(30)27-9-3-4-10-27/h5-6,13,17,20,22H,3-4,7-12,14-16H2,1-2H3,(H,25,31)/t20-,22+/m0/s1. The molecule has 2 amide bonds. The molecule has 9 heteroatoms. The van der Waals surface area contributed by atoms with Crippen LogP contribution in [0.25, 0.3) is 0 Å². The number of nitrogens with one attached hydrogen (secondary N) is 1. The monoisotopic (exact) mass is 457 g/mol. The van der Waals surface area contributed by atoms with Crippen LogP contribution in [0.2, 0.25) is 0 Å². The van der Waals surface area contributed by atoms with E-state index in [9.17, 15) is 19.7 Å². The second kappa shape index (κ2) is 10.1. The molecule has 0 aliphatic carbocycles. The smallest absolute Gasteiger partial charge is 0.269 e. The van der Waals surface area contributed by atoms with Gasteiger partial charge in [-0.3, -0.25) is 24.6 Å². The minimum Gasteiger partial charge on any atom is -0.365 e. The van der Waals surface area contributed by atoms with Gasteiger partial charge in [0.1, 0.15) is 0 Å². The van der Waals surface area contributed by atoms with E-state index in [1.54, 1.807) is 12.1 Å². The molecule has 3 aliphatic heterocycles. The number of amides is 2. The van der Waals surface area contributed by atoms with Crippen LogP contribution in [0, 0.1) is 22.0 Å². The molecule has 1 aromatic carbocycles. The number of nitro benzene ring substituents is 1. The minimum atomic E-state index is -0.383. The van der Waals surface area contributed by atoms with Gasteiger partial charge in [-0.05, 0) is 43.2 Å². The van der Waals surface area contributed by atoms with Gasteiger partial charge >= 0.3 is 0 Å². The predicted octanol–water partition coefficient (Wildman–Crippen LogP) is 2.04. The molecule has 180 valence electrons. The summed E-state index contributed by atoms with van der Waals surface area (Å²) in [4.78, 5) is 43.2. The molecule has 33 heavy (non-hydrogen) atoms. The maximum Gasteiger partial charge on any atom is 0.269 e. The van der Waals surface area contributed by atoms with Crippen LogP contribution in [0.5, 0.6) is 0 Å². The second-order valence-electron chi connectivity index (χ2n) is 9.94. The number of nitrogens with zero attached hydrogens (tertiary/aromatic N) is 4. The number of nitro groups is 1. The van der Waals surface area contributed by atoms with Gasteiger partial charge in [-0.2, -0.15) is 0 Å². The molecule has 0 aromatic heterocycles. The van der Waals surface area contributed by atoms with Crippen LogP contribution in [0.1, 0.15) is 38.7 Å². The summed E-state index contributed by atoms with van der Waals surface area (Å²) in [6.07, 6.45) is 3.53.